The maximum atomic E-state index is 10.9. The zero-order chi connectivity index (χ0) is 11.7. The zero-order valence-electron chi connectivity index (χ0n) is 8.18. The molecule has 1 aromatic carbocycles. The molecule has 0 aromatic heterocycles. The Balaban J connectivity index is 2.51. The minimum absolute atomic E-state index is 0.161. The predicted molar refractivity (Wildman–Crippen MR) is 57.1 cm³/mol. The summed E-state index contributed by atoms with van der Waals surface area (Å²) in [6, 6.07) is 5.75. The summed E-state index contributed by atoms with van der Waals surface area (Å²) in [6.07, 6.45) is 1.38. The summed E-state index contributed by atoms with van der Waals surface area (Å²) in [5, 5.41) is 20.5. The van der Waals surface area contributed by atoms with Crippen LogP contribution in [0.25, 0.3) is 6.08 Å². The molecule has 0 aliphatic carbocycles. The first-order valence-corrected chi connectivity index (χ1v) is 4.63. The maximum absolute atomic E-state index is 10.9. The molecule has 0 fully saturated rings. The van der Waals surface area contributed by atoms with Crippen LogP contribution in [0.1, 0.15) is 5.56 Å². The van der Waals surface area contributed by atoms with E-state index < -0.39 is 18.0 Å². The van der Waals surface area contributed by atoms with Gasteiger partial charge in [-0.1, -0.05) is 18.2 Å². The Morgan fingerprint density at radius 2 is 1.88 bits per heavy atom. The van der Waals surface area contributed by atoms with Crippen LogP contribution in [-0.2, 0) is 9.59 Å². The van der Waals surface area contributed by atoms with Crippen LogP contribution in [0.2, 0.25) is 0 Å². The van der Waals surface area contributed by atoms with Gasteiger partial charge in [0.15, 0.2) is 6.04 Å². The third-order valence-electron chi connectivity index (χ3n) is 2.38. The molecule has 1 aliphatic heterocycles. The fraction of sp³-hybridized carbons (Fsp3) is 0.0909. The van der Waals surface area contributed by atoms with Crippen molar-refractivity contribution in [2.75, 3.05) is 5.32 Å². The molecule has 0 saturated heterocycles. The van der Waals surface area contributed by atoms with Gasteiger partial charge in [-0.05, 0) is 17.7 Å². The van der Waals surface area contributed by atoms with E-state index in [0.717, 1.165) is 0 Å². The van der Waals surface area contributed by atoms with Gasteiger partial charge < -0.3 is 15.5 Å². The molecule has 5 heteroatoms. The number of rotatable bonds is 2. The molecule has 1 unspecified atom stereocenters. The Morgan fingerprint density at radius 3 is 2.50 bits per heavy atom. The first kappa shape index (κ1) is 10.2. The highest BCUT2D eigenvalue weighted by Crippen LogP contribution is 2.26. The lowest BCUT2D eigenvalue weighted by molar-refractivity contribution is -0.140. The standard InChI is InChI=1S/C11H9NO4/c13-10(14)7-5-6-3-1-2-4-8(6)12-9(7)11(15)16/h1-5,9,12H,(H,13,14)(H,15,16). The summed E-state index contributed by atoms with van der Waals surface area (Å²) < 4.78 is 0. The predicted octanol–water partition coefficient (Wildman–Crippen LogP) is 1.03. The largest absolute Gasteiger partial charge is 0.479 e. The van der Waals surface area contributed by atoms with Crippen molar-refractivity contribution < 1.29 is 19.8 Å². The summed E-state index contributed by atoms with van der Waals surface area (Å²) in [7, 11) is 0. The summed E-state index contributed by atoms with van der Waals surface area (Å²) in [6.45, 7) is 0. The lowest BCUT2D eigenvalue weighted by Crippen LogP contribution is -2.36. The van der Waals surface area contributed by atoms with Crippen LogP contribution in [0, 0.1) is 0 Å². The molecule has 1 aromatic rings. The molecule has 0 saturated carbocycles. The van der Waals surface area contributed by atoms with Gasteiger partial charge >= 0.3 is 11.9 Å². The third kappa shape index (κ3) is 1.63. The summed E-state index contributed by atoms with van der Waals surface area (Å²) in [5.74, 6) is -2.43. The first-order valence-electron chi connectivity index (χ1n) is 4.63. The van der Waals surface area contributed by atoms with Crippen LogP contribution in [0.15, 0.2) is 29.8 Å². The van der Waals surface area contributed by atoms with Crippen molar-refractivity contribution in [3.8, 4) is 0 Å². The van der Waals surface area contributed by atoms with Crippen molar-refractivity contribution in [1.82, 2.24) is 0 Å². The highest BCUT2D eigenvalue weighted by atomic mass is 16.4. The molecule has 16 heavy (non-hydrogen) atoms. The molecular weight excluding hydrogens is 210 g/mol. The highest BCUT2D eigenvalue weighted by molar-refractivity contribution is 6.04. The van der Waals surface area contributed by atoms with Gasteiger partial charge in [0.25, 0.3) is 0 Å². The van der Waals surface area contributed by atoms with E-state index in [1.165, 1.54) is 6.08 Å². The molecule has 5 nitrogen and oxygen atoms in total. The van der Waals surface area contributed by atoms with E-state index >= 15 is 0 Å². The lowest BCUT2D eigenvalue weighted by atomic mass is 9.98. The number of carbonyl (C=O) groups is 2. The molecule has 0 bridgehead atoms. The number of hydrogen-bond donors (Lipinski definition) is 3. The topological polar surface area (TPSA) is 86.6 Å². The molecule has 0 spiro atoms. The van der Waals surface area contributed by atoms with E-state index in [4.69, 9.17) is 10.2 Å². The molecule has 1 atom stereocenters. The minimum atomic E-state index is -1.23. The Bertz CT molecular complexity index is 493. The number of hydrogen-bond acceptors (Lipinski definition) is 3. The second-order valence-corrected chi connectivity index (χ2v) is 3.41. The second-order valence-electron chi connectivity index (χ2n) is 3.41. The van der Waals surface area contributed by atoms with Crippen molar-refractivity contribution in [3.63, 3.8) is 0 Å². The van der Waals surface area contributed by atoms with E-state index in [1.54, 1.807) is 24.3 Å². The van der Waals surface area contributed by atoms with Gasteiger partial charge in [-0.15, -0.1) is 0 Å². The molecule has 3 N–H and O–H groups in total. The molecule has 0 radical (unpaired) electrons. The van der Waals surface area contributed by atoms with Gasteiger partial charge in [-0.2, -0.15) is 0 Å². The smallest absolute Gasteiger partial charge is 0.334 e. The number of nitrogens with one attached hydrogen (secondary N) is 1. The molecule has 1 heterocycles. The Labute approximate surface area is 91.0 Å². The van der Waals surface area contributed by atoms with Gasteiger partial charge in [-0.25, -0.2) is 9.59 Å². The van der Waals surface area contributed by atoms with Crippen molar-refractivity contribution in [3.05, 3.63) is 35.4 Å². The fourth-order valence-electron chi connectivity index (χ4n) is 1.62. The Morgan fingerprint density at radius 1 is 1.19 bits per heavy atom. The van der Waals surface area contributed by atoms with Crippen molar-refractivity contribution in [1.29, 1.82) is 0 Å². The SMILES string of the molecule is O=C(O)C1=Cc2ccccc2NC1C(=O)O. The van der Waals surface area contributed by atoms with Gasteiger partial charge in [0.05, 0.1) is 5.57 Å². The zero-order valence-corrected chi connectivity index (χ0v) is 8.18. The van der Waals surface area contributed by atoms with Crippen LogP contribution in [0.3, 0.4) is 0 Å². The average Bonchev–Trinajstić information content (AvgIpc) is 2.27. The Kier molecular flexibility index (Phi) is 2.36. The van der Waals surface area contributed by atoms with Crippen molar-refractivity contribution in [2.24, 2.45) is 0 Å². The number of carboxylic acid groups (broad SMARTS) is 2. The van der Waals surface area contributed by atoms with Crippen molar-refractivity contribution >= 4 is 23.7 Å². The number of fused-ring (bicyclic) bond motifs is 1. The van der Waals surface area contributed by atoms with E-state index in [1.807, 2.05) is 0 Å². The number of para-hydroxylation sites is 1. The number of anilines is 1. The summed E-state index contributed by atoms with van der Waals surface area (Å²) in [5.41, 5.74) is 1.14. The van der Waals surface area contributed by atoms with Gasteiger partial charge in [-0.3, -0.25) is 0 Å². The summed E-state index contributed by atoms with van der Waals surface area (Å²) >= 11 is 0. The normalized spacial score (nSPS) is 18.0. The van der Waals surface area contributed by atoms with Crippen LogP contribution in [0.5, 0.6) is 0 Å². The fourth-order valence-corrected chi connectivity index (χ4v) is 1.62. The second kappa shape index (κ2) is 3.69. The molecule has 1 aliphatic rings. The van der Waals surface area contributed by atoms with E-state index in [-0.39, 0.29) is 5.57 Å². The van der Waals surface area contributed by atoms with Gasteiger partial charge in [0.2, 0.25) is 0 Å². The monoisotopic (exact) mass is 219 g/mol. The molecule has 2 rings (SSSR count). The highest BCUT2D eigenvalue weighted by Gasteiger charge is 2.30. The van der Waals surface area contributed by atoms with Crippen LogP contribution >= 0.6 is 0 Å². The van der Waals surface area contributed by atoms with Crippen molar-refractivity contribution in [2.45, 2.75) is 6.04 Å². The molecule has 0 amide bonds. The molecule has 82 valence electrons. The first-order chi connectivity index (χ1) is 7.59. The minimum Gasteiger partial charge on any atom is -0.479 e. The Hall–Kier alpha value is -2.30. The van der Waals surface area contributed by atoms with E-state index in [2.05, 4.69) is 5.32 Å². The van der Waals surface area contributed by atoms with Crippen LogP contribution < -0.4 is 5.32 Å². The number of benzene rings is 1. The number of aliphatic carboxylic acids is 2. The van der Waals surface area contributed by atoms with Gasteiger partial charge in [0.1, 0.15) is 0 Å². The van der Waals surface area contributed by atoms with E-state index in [0.29, 0.717) is 11.3 Å². The molecular formula is C11H9NO4. The average molecular weight is 219 g/mol. The van der Waals surface area contributed by atoms with Crippen LogP contribution in [-0.4, -0.2) is 28.2 Å². The van der Waals surface area contributed by atoms with Gasteiger partial charge in [0, 0.05) is 5.69 Å². The van der Waals surface area contributed by atoms with Crippen LogP contribution in [0.4, 0.5) is 5.69 Å². The number of carboxylic acids is 2. The summed E-state index contributed by atoms with van der Waals surface area (Å²) in [4.78, 5) is 21.8. The maximum Gasteiger partial charge on any atom is 0.334 e. The quantitative estimate of drug-likeness (QED) is 0.691. The lowest BCUT2D eigenvalue weighted by Gasteiger charge is -2.22. The van der Waals surface area contributed by atoms with E-state index in [9.17, 15) is 9.59 Å². The third-order valence-corrected chi connectivity index (χ3v) is 2.38.